The molecule has 1 N–H and O–H groups in total. The molecule has 106 valence electrons. The zero-order valence-electron chi connectivity index (χ0n) is 12.1. The maximum absolute atomic E-state index is 13.2. The van der Waals surface area contributed by atoms with Gasteiger partial charge in [-0.2, -0.15) is 0 Å². The van der Waals surface area contributed by atoms with Crippen LogP contribution >= 0.6 is 0 Å². The Kier molecular flexibility index (Phi) is 5.34. The van der Waals surface area contributed by atoms with Gasteiger partial charge in [-0.1, -0.05) is 19.1 Å². The molecule has 1 atom stereocenters. The van der Waals surface area contributed by atoms with Crippen molar-refractivity contribution in [2.24, 2.45) is 0 Å². The fourth-order valence-electron chi connectivity index (χ4n) is 2.70. The lowest BCUT2D eigenvalue weighted by molar-refractivity contribution is 0.235. The third kappa shape index (κ3) is 4.29. The Morgan fingerprint density at radius 2 is 2.05 bits per heavy atom. The Bertz CT molecular complexity index is 400. The number of benzene rings is 1. The number of hydrogen-bond donors (Lipinski definition) is 1. The van der Waals surface area contributed by atoms with Gasteiger partial charge in [-0.15, -0.1) is 0 Å². The molecule has 2 rings (SSSR count). The first-order valence-corrected chi connectivity index (χ1v) is 7.36. The summed E-state index contributed by atoms with van der Waals surface area (Å²) in [4.78, 5) is 2.53. The zero-order chi connectivity index (χ0) is 13.7. The van der Waals surface area contributed by atoms with Crippen LogP contribution in [0, 0.1) is 12.7 Å². The predicted molar refractivity (Wildman–Crippen MR) is 78.1 cm³/mol. The number of halogens is 1. The largest absolute Gasteiger partial charge is 0.314 e. The van der Waals surface area contributed by atoms with Gasteiger partial charge in [0, 0.05) is 26.2 Å². The smallest absolute Gasteiger partial charge is 0.126 e. The van der Waals surface area contributed by atoms with Gasteiger partial charge in [-0.3, -0.25) is 0 Å². The van der Waals surface area contributed by atoms with E-state index >= 15 is 0 Å². The van der Waals surface area contributed by atoms with Crippen LogP contribution in [-0.2, 0) is 0 Å². The average molecular weight is 264 g/mol. The quantitative estimate of drug-likeness (QED) is 0.879. The van der Waals surface area contributed by atoms with Gasteiger partial charge in [-0.05, 0) is 49.4 Å². The fourth-order valence-corrected chi connectivity index (χ4v) is 2.70. The van der Waals surface area contributed by atoms with Crippen LogP contribution in [0.25, 0.3) is 0 Å². The van der Waals surface area contributed by atoms with Gasteiger partial charge in [0.2, 0.25) is 0 Å². The normalized spacial score (nSPS) is 18.5. The van der Waals surface area contributed by atoms with E-state index in [9.17, 15) is 4.39 Å². The summed E-state index contributed by atoms with van der Waals surface area (Å²) in [6.07, 6.45) is 2.40. The van der Waals surface area contributed by atoms with E-state index in [0.717, 1.165) is 18.7 Å². The van der Waals surface area contributed by atoms with E-state index in [2.05, 4.69) is 17.1 Å². The van der Waals surface area contributed by atoms with E-state index in [1.807, 2.05) is 19.1 Å². The number of aryl methyl sites for hydroxylation is 1. The number of hydrogen-bond acceptors (Lipinski definition) is 2. The highest BCUT2D eigenvalue weighted by Crippen LogP contribution is 2.22. The molecule has 1 aromatic rings. The maximum Gasteiger partial charge on any atom is 0.126 e. The van der Waals surface area contributed by atoms with Crippen molar-refractivity contribution in [3.05, 3.63) is 35.1 Å². The molecule has 0 radical (unpaired) electrons. The van der Waals surface area contributed by atoms with Crippen molar-refractivity contribution >= 4 is 0 Å². The molecule has 3 heteroatoms. The molecule has 1 unspecified atom stereocenters. The first-order chi connectivity index (χ1) is 9.16. The molecule has 0 saturated carbocycles. The lowest BCUT2D eigenvalue weighted by atomic mass is 9.94. The minimum atomic E-state index is -0.100. The van der Waals surface area contributed by atoms with Crippen molar-refractivity contribution in [1.29, 1.82) is 0 Å². The summed E-state index contributed by atoms with van der Waals surface area (Å²) in [6.45, 7) is 9.84. The molecule has 1 heterocycles. The second kappa shape index (κ2) is 7.01. The van der Waals surface area contributed by atoms with E-state index in [0.29, 0.717) is 5.92 Å². The molecule has 2 nitrogen and oxygen atoms in total. The topological polar surface area (TPSA) is 15.3 Å². The molecule has 0 spiro atoms. The summed E-state index contributed by atoms with van der Waals surface area (Å²) >= 11 is 0. The van der Waals surface area contributed by atoms with Crippen molar-refractivity contribution in [2.75, 3.05) is 32.7 Å². The highest BCUT2D eigenvalue weighted by Gasteiger charge is 2.11. The van der Waals surface area contributed by atoms with Crippen molar-refractivity contribution in [3.63, 3.8) is 0 Å². The van der Waals surface area contributed by atoms with Crippen LogP contribution in [0.1, 0.15) is 36.8 Å². The predicted octanol–water partition coefficient (Wildman–Crippen LogP) is 2.92. The Hall–Kier alpha value is -0.930. The number of nitrogens with one attached hydrogen (secondary N) is 1. The van der Waals surface area contributed by atoms with Gasteiger partial charge in [0.25, 0.3) is 0 Å². The number of rotatable bonds is 5. The van der Waals surface area contributed by atoms with Gasteiger partial charge >= 0.3 is 0 Å². The molecule has 0 aromatic heterocycles. The summed E-state index contributed by atoms with van der Waals surface area (Å²) in [5.41, 5.74) is 2.02. The summed E-state index contributed by atoms with van der Waals surface area (Å²) in [7, 11) is 0. The highest BCUT2D eigenvalue weighted by molar-refractivity contribution is 5.26. The molecule has 1 aromatic carbocycles. The Morgan fingerprint density at radius 3 is 2.74 bits per heavy atom. The SMILES string of the molecule is Cc1cc(C(C)CCCN2CCNCC2)ccc1F. The standard InChI is InChI=1S/C16H25FN2/c1-13(15-5-6-16(17)14(2)12-15)4-3-9-19-10-7-18-8-11-19/h5-6,12-13,18H,3-4,7-11H2,1-2H3. The monoisotopic (exact) mass is 264 g/mol. The first-order valence-electron chi connectivity index (χ1n) is 7.36. The summed E-state index contributed by atoms with van der Waals surface area (Å²) in [5, 5.41) is 3.37. The van der Waals surface area contributed by atoms with E-state index in [1.165, 1.54) is 38.0 Å². The second-order valence-electron chi connectivity index (χ2n) is 5.64. The molecule has 1 saturated heterocycles. The Morgan fingerprint density at radius 1 is 1.32 bits per heavy atom. The van der Waals surface area contributed by atoms with Crippen LogP contribution < -0.4 is 5.32 Å². The third-order valence-corrected chi connectivity index (χ3v) is 4.07. The minimum Gasteiger partial charge on any atom is -0.314 e. The maximum atomic E-state index is 13.2. The Balaban J connectivity index is 1.76. The minimum absolute atomic E-state index is 0.100. The number of nitrogens with zero attached hydrogens (tertiary/aromatic N) is 1. The molecule has 1 fully saturated rings. The van der Waals surface area contributed by atoms with E-state index in [4.69, 9.17) is 0 Å². The summed E-state index contributed by atoms with van der Waals surface area (Å²) in [5.74, 6) is 0.416. The van der Waals surface area contributed by atoms with Crippen LogP contribution in [0.3, 0.4) is 0 Å². The van der Waals surface area contributed by atoms with Crippen molar-refractivity contribution in [3.8, 4) is 0 Å². The van der Waals surface area contributed by atoms with Crippen LogP contribution in [0.15, 0.2) is 18.2 Å². The zero-order valence-corrected chi connectivity index (χ0v) is 12.1. The second-order valence-corrected chi connectivity index (χ2v) is 5.64. The summed E-state index contributed by atoms with van der Waals surface area (Å²) < 4.78 is 13.2. The molecule has 1 aliphatic rings. The third-order valence-electron chi connectivity index (χ3n) is 4.07. The van der Waals surface area contributed by atoms with E-state index in [-0.39, 0.29) is 5.82 Å². The van der Waals surface area contributed by atoms with Crippen molar-refractivity contribution in [2.45, 2.75) is 32.6 Å². The number of piperazine rings is 1. The van der Waals surface area contributed by atoms with Gasteiger partial charge < -0.3 is 10.2 Å². The highest BCUT2D eigenvalue weighted by atomic mass is 19.1. The lowest BCUT2D eigenvalue weighted by Gasteiger charge is -2.27. The molecule has 0 amide bonds. The van der Waals surface area contributed by atoms with E-state index < -0.39 is 0 Å². The van der Waals surface area contributed by atoms with Gasteiger partial charge in [0.05, 0.1) is 0 Å². The average Bonchev–Trinajstić information content (AvgIpc) is 2.43. The van der Waals surface area contributed by atoms with Crippen LogP contribution in [-0.4, -0.2) is 37.6 Å². The van der Waals surface area contributed by atoms with Gasteiger partial charge in [0.1, 0.15) is 5.82 Å². The van der Waals surface area contributed by atoms with Gasteiger partial charge in [-0.25, -0.2) is 4.39 Å². The van der Waals surface area contributed by atoms with E-state index in [1.54, 1.807) is 6.07 Å². The van der Waals surface area contributed by atoms with Crippen LogP contribution in [0.4, 0.5) is 4.39 Å². The first kappa shape index (κ1) is 14.5. The molecular weight excluding hydrogens is 239 g/mol. The lowest BCUT2D eigenvalue weighted by Crippen LogP contribution is -2.43. The van der Waals surface area contributed by atoms with Crippen LogP contribution in [0.5, 0.6) is 0 Å². The molecule has 0 aliphatic carbocycles. The molecule has 0 bridgehead atoms. The fraction of sp³-hybridized carbons (Fsp3) is 0.625. The Labute approximate surface area is 116 Å². The molecule has 19 heavy (non-hydrogen) atoms. The summed E-state index contributed by atoms with van der Waals surface area (Å²) in [6, 6.07) is 5.51. The van der Waals surface area contributed by atoms with Crippen molar-refractivity contribution < 1.29 is 4.39 Å². The molecule has 1 aliphatic heterocycles. The van der Waals surface area contributed by atoms with Crippen molar-refractivity contribution in [1.82, 2.24) is 10.2 Å². The molecular formula is C16H25FN2. The van der Waals surface area contributed by atoms with Crippen LogP contribution in [0.2, 0.25) is 0 Å². The van der Waals surface area contributed by atoms with Gasteiger partial charge in [0.15, 0.2) is 0 Å².